The maximum Gasteiger partial charge on any atom is 0.319 e. The third-order valence-electron chi connectivity index (χ3n) is 3.51. The van der Waals surface area contributed by atoms with E-state index in [-0.39, 0.29) is 11.9 Å². The van der Waals surface area contributed by atoms with Gasteiger partial charge < -0.3 is 20.4 Å². The number of halogens is 1. The SMILES string of the molecule is O=C(NCc1ccco1)Nc1ccc(NC(=O)c2ccc(Br)cc2)cc1. The Morgan fingerprint density at radius 2 is 1.54 bits per heavy atom. The number of hydrogen-bond acceptors (Lipinski definition) is 3. The van der Waals surface area contributed by atoms with Crippen LogP contribution < -0.4 is 16.0 Å². The molecule has 3 amide bonds. The minimum absolute atomic E-state index is 0.200. The quantitative estimate of drug-likeness (QED) is 0.570. The third kappa shape index (κ3) is 4.97. The molecule has 0 aliphatic heterocycles. The zero-order valence-electron chi connectivity index (χ0n) is 13.7. The van der Waals surface area contributed by atoms with Gasteiger partial charge in [-0.3, -0.25) is 4.79 Å². The van der Waals surface area contributed by atoms with Crippen molar-refractivity contribution < 1.29 is 14.0 Å². The summed E-state index contributed by atoms with van der Waals surface area (Å²) in [5, 5.41) is 8.21. The molecule has 3 aromatic rings. The van der Waals surface area contributed by atoms with Crippen LogP contribution in [0.15, 0.2) is 75.8 Å². The summed E-state index contributed by atoms with van der Waals surface area (Å²) < 4.78 is 6.06. The summed E-state index contributed by atoms with van der Waals surface area (Å²) in [4.78, 5) is 24.0. The number of nitrogens with one attached hydrogen (secondary N) is 3. The number of urea groups is 1. The van der Waals surface area contributed by atoms with Crippen LogP contribution in [0.5, 0.6) is 0 Å². The van der Waals surface area contributed by atoms with Crippen LogP contribution in [-0.4, -0.2) is 11.9 Å². The highest BCUT2D eigenvalue weighted by Gasteiger charge is 2.07. The Bertz CT molecular complexity index is 875. The molecule has 0 spiro atoms. The smallest absolute Gasteiger partial charge is 0.319 e. The standard InChI is InChI=1S/C19H16BrN3O3/c20-14-5-3-13(4-6-14)18(24)22-15-7-9-16(10-8-15)23-19(25)21-12-17-2-1-11-26-17/h1-11H,12H2,(H,22,24)(H2,21,23,25). The first kappa shape index (κ1) is 17.8. The highest BCUT2D eigenvalue weighted by atomic mass is 79.9. The monoisotopic (exact) mass is 413 g/mol. The van der Waals surface area contributed by atoms with Gasteiger partial charge in [0.05, 0.1) is 12.8 Å². The van der Waals surface area contributed by atoms with E-state index in [0.717, 1.165) is 4.47 Å². The van der Waals surface area contributed by atoms with Crippen molar-refractivity contribution in [3.05, 3.63) is 82.7 Å². The molecule has 0 atom stereocenters. The zero-order valence-corrected chi connectivity index (χ0v) is 15.2. The Labute approximate surface area is 158 Å². The average molecular weight is 414 g/mol. The maximum absolute atomic E-state index is 12.2. The van der Waals surface area contributed by atoms with Gasteiger partial charge >= 0.3 is 6.03 Å². The van der Waals surface area contributed by atoms with E-state index in [4.69, 9.17) is 4.42 Å². The maximum atomic E-state index is 12.2. The summed E-state index contributed by atoms with van der Waals surface area (Å²) in [6, 6.07) is 17.2. The number of amides is 3. The van der Waals surface area contributed by atoms with Crippen molar-refractivity contribution in [3.8, 4) is 0 Å². The van der Waals surface area contributed by atoms with Crippen LogP contribution in [0.25, 0.3) is 0 Å². The summed E-state index contributed by atoms with van der Waals surface area (Å²) in [6.07, 6.45) is 1.55. The molecule has 0 fully saturated rings. The van der Waals surface area contributed by atoms with Crippen LogP contribution in [0.2, 0.25) is 0 Å². The van der Waals surface area contributed by atoms with Gasteiger partial charge in [0.15, 0.2) is 0 Å². The number of benzene rings is 2. The average Bonchev–Trinajstić information content (AvgIpc) is 3.16. The molecule has 0 radical (unpaired) electrons. The fourth-order valence-electron chi connectivity index (χ4n) is 2.20. The van der Waals surface area contributed by atoms with Crippen molar-refractivity contribution in [2.45, 2.75) is 6.54 Å². The third-order valence-corrected chi connectivity index (χ3v) is 4.04. The van der Waals surface area contributed by atoms with Crippen molar-refractivity contribution in [3.63, 3.8) is 0 Å². The lowest BCUT2D eigenvalue weighted by atomic mass is 10.2. The van der Waals surface area contributed by atoms with Crippen molar-refractivity contribution >= 4 is 39.2 Å². The summed E-state index contributed by atoms with van der Waals surface area (Å²) >= 11 is 3.33. The molecular weight excluding hydrogens is 398 g/mol. The van der Waals surface area contributed by atoms with Crippen LogP contribution >= 0.6 is 15.9 Å². The largest absolute Gasteiger partial charge is 0.467 e. The molecule has 3 rings (SSSR count). The van der Waals surface area contributed by atoms with Gasteiger partial charge in [-0.1, -0.05) is 15.9 Å². The fraction of sp³-hybridized carbons (Fsp3) is 0.0526. The van der Waals surface area contributed by atoms with E-state index >= 15 is 0 Å². The molecule has 0 unspecified atom stereocenters. The Kier molecular flexibility index (Phi) is 5.70. The molecule has 0 saturated heterocycles. The molecule has 2 aromatic carbocycles. The molecule has 6 nitrogen and oxygen atoms in total. The molecule has 0 bridgehead atoms. The van der Waals surface area contributed by atoms with E-state index in [0.29, 0.717) is 29.2 Å². The molecule has 26 heavy (non-hydrogen) atoms. The molecule has 0 aliphatic carbocycles. The van der Waals surface area contributed by atoms with Gasteiger partial charge in [-0.25, -0.2) is 4.79 Å². The second-order valence-corrected chi connectivity index (χ2v) is 6.34. The summed E-state index contributed by atoms with van der Waals surface area (Å²) in [6.45, 7) is 0.306. The first-order chi connectivity index (χ1) is 12.6. The second kappa shape index (κ2) is 8.35. The molecule has 7 heteroatoms. The summed E-state index contributed by atoms with van der Waals surface area (Å²) in [7, 11) is 0. The highest BCUT2D eigenvalue weighted by molar-refractivity contribution is 9.10. The van der Waals surface area contributed by atoms with E-state index in [1.54, 1.807) is 54.8 Å². The number of furan rings is 1. The highest BCUT2D eigenvalue weighted by Crippen LogP contribution is 2.16. The van der Waals surface area contributed by atoms with E-state index in [2.05, 4.69) is 31.9 Å². The number of rotatable bonds is 5. The molecule has 0 saturated carbocycles. The van der Waals surface area contributed by atoms with E-state index in [1.807, 2.05) is 12.1 Å². The molecule has 132 valence electrons. The molecule has 0 aliphatic rings. The van der Waals surface area contributed by atoms with Crippen molar-refractivity contribution in [2.24, 2.45) is 0 Å². The number of hydrogen-bond donors (Lipinski definition) is 3. The Balaban J connectivity index is 1.52. The van der Waals surface area contributed by atoms with Crippen molar-refractivity contribution in [1.29, 1.82) is 0 Å². The van der Waals surface area contributed by atoms with E-state index < -0.39 is 0 Å². The minimum Gasteiger partial charge on any atom is -0.467 e. The van der Waals surface area contributed by atoms with Gasteiger partial charge in [0.25, 0.3) is 5.91 Å². The van der Waals surface area contributed by atoms with E-state index in [9.17, 15) is 9.59 Å². The van der Waals surface area contributed by atoms with E-state index in [1.165, 1.54) is 0 Å². The molecule has 3 N–H and O–H groups in total. The van der Waals surface area contributed by atoms with Crippen LogP contribution in [0.3, 0.4) is 0 Å². The Morgan fingerprint density at radius 3 is 2.15 bits per heavy atom. The summed E-state index contributed by atoms with van der Waals surface area (Å²) in [5.74, 6) is 0.473. The van der Waals surface area contributed by atoms with Crippen molar-refractivity contribution in [2.75, 3.05) is 10.6 Å². The first-order valence-corrected chi connectivity index (χ1v) is 8.64. The Morgan fingerprint density at radius 1 is 0.885 bits per heavy atom. The van der Waals surface area contributed by atoms with Crippen LogP contribution in [0.1, 0.15) is 16.1 Å². The topological polar surface area (TPSA) is 83.4 Å². The van der Waals surface area contributed by atoms with Gasteiger partial charge in [-0.2, -0.15) is 0 Å². The van der Waals surface area contributed by atoms with Crippen molar-refractivity contribution in [1.82, 2.24) is 5.32 Å². The number of anilines is 2. The number of carbonyl (C=O) groups excluding carboxylic acids is 2. The van der Waals surface area contributed by atoms with Gasteiger partial charge in [0.2, 0.25) is 0 Å². The lowest BCUT2D eigenvalue weighted by Crippen LogP contribution is -2.27. The van der Waals surface area contributed by atoms with Gasteiger partial charge in [0.1, 0.15) is 5.76 Å². The predicted octanol–water partition coefficient (Wildman–Crippen LogP) is 4.62. The second-order valence-electron chi connectivity index (χ2n) is 5.43. The lowest BCUT2D eigenvalue weighted by Gasteiger charge is -2.09. The molecule has 1 heterocycles. The van der Waals surface area contributed by atoms with Crippen LogP contribution in [0, 0.1) is 0 Å². The Hall–Kier alpha value is -3.06. The normalized spacial score (nSPS) is 10.2. The lowest BCUT2D eigenvalue weighted by molar-refractivity contribution is 0.102. The minimum atomic E-state index is -0.340. The number of carbonyl (C=O) groups is 2. The van der Waals surface area contributed by atoms with Gasteiger partial charge in [0, 0.05) is 21.4 Å². The first-order valence-electron chi connectivity index (χ1n) is 7.84. The van der Waals surface area contributed by atoms with Crippen LogP contribution in [-0.2, 0) is 6.54 Å². The fourth-order valence-corrected chi connectivity index (χ4v) is 2.46. The zero-order chi connectivity index (χ0) is 18.4. The predicted molar refractivity (Wildman–Crippen MR) is 103 cm³/mol. The molecular formula is C19H16BrN3O3. The van der Waals surface area contributed by atoms with Crippen LogP contribution in [0.4, 0.5) is 16.2 Å². The molecule has 1 aromatic heterocycles. The van der Waals surface area contributed by atoms with Gasteiger partial charge in [-0.05, 0) is 60.7 Å². The van der Waals surface area contributed by atoms with Gasteiger partial charge in [-0.15, -0.1) is 0 Å². The summed E-state index contributed by atoms with van der Waals surface area (Å²) in [5.41, 5.74) is 1.82.